The van der Waals surface area contributed by atoms with Gasteiger partial charge in [-0.15, -0.1) is 0 Å². The molecule has 0 aliphatic rings. The number of carbonyl (C=O) groups is 2. The van der Waals surface area contributed by atoms with Crippen molar-refractivity contribution in [1.82, 2.24) is 4.98 Å². The zero-order chi connectivity index (χ0) is 16.1. The van der Waals surface area contributed by atoms with Crippen molar-refractivity contribution in [3.8, 4) is 0 Å². The largest absolute Gasteiger partial charge is 0.456 e. The Bertz CT molecular complexity index is 717. The molecule has 0 unspecified atom stereocenters. The Labute approximate surface area is 133 Å². The monoisotopic (exact) mass is 317 g/mol. The van der Waals surface area contributed by atoms with Crippen LogP contribution in [0, 0.1) is 13.8 Å². The van der Waals surface area contributed by atoms with Crippen molar-refractivity contribution in [1.29, 1.82) is 0 Å². The van der Waals surface area contributed by atoms with Gasteiger partial charge in [0.05, 0.1) is 5.03 Å². The molecule has 0 saturated heterocycles. The van der Waals surface area contributed by atoms with E-state index < -0.39 is 5.97 Å². The molecule has 0 spiro atoms. The lowest BCUT2D eigenvalue weighted by atomic mass is 10.1. The van der Waals surface area contributed by atoms with Crippen molar-refractivity contribution in [2.75, 3.05) is 0 Å². The summed E-state index contributed by atoms with van der Waals surface area (Å²) in [6.45, 7) is 3.75. The molecule has 5 heteroatoms. The number of hydrogen-bond donors (Lipinski definition) is 1. The minimum absolute atomic E-state index is 0.199. The number of aromatic nitrogens is 1. The van der Waals surface area contributed by atoms with Gasteiger partial charge in [0.1, 0.15) is 18.6 Å². The first-order valence-corrected chi connectivity index (χ1v) is 7.14. The van der Waals surface area contributed by atoms with Crippen LogP contribution in [0.25, 0.3) is 5.03 Å². The SMILES string of the molecule is Cc1[nH]c(C(=O)OCc2ccccc2)c(C)c1C(Cl)=CC=O. The van der Waals surface area contributed by atoms with Crippen LogP contribution in [0.1, 0.15) is 32.9 Å². The Morgan fingerprint density at radius 3 is 2.59 bits per heavy atom. The first-order valence-electron chi connectivity index (χ1n) is 6.76. The lowest BCUT2D eigenvalue weighted by molar-refractivity contribution is -0.104. The van der Waals surface area contributed by atoms with Gasteiger partial charge in [-0.2, -0.15) is 0 Å². The lowest BCUT2D eigenvalue weighted by Gasteiger charge is -2.05. The highest BCUT2D eigenvalue weighted by Crippen LogP contribution is 2.28. The molecule has 0 amide bonds. The summed E-state index contributed by atoms with van der Waals surface area (Å²) in [6.07, 6.45) is 1.87. The van der Waals surface area contributed by atoms with Crippen molar-refractivity contribution in [2.24, 2.45) is 0 Å². The van der Waals surface area contributed by atoms with E-state index in [1.165, 1.54) is 6.08 Å². The predicted molar refractivity (Wildman–Crippen MR) is 85.7 cm³/mol. The first kappa shape index (κ1) is 16.0. The Balaban J connectivity index is 2.19. The maximum absolute atomic E-state index is 12.2. The smallest absolute Gasteiger partial charge is 0.355 e. The van der Waals surface area contributed by atoms with Gasteiger partial charge in [-0.05, 0) is 31.1 Å². The number of aldehydes is 1. The molecular weight excluding hydrogens is 302 g/mol. The molecule has 4 nitrogen and oxygen atoms in total. The van der Waals surface area contributed by atoms with Gasteiger partial charge >= 0.3 is 5.97 Å². The first-order chi connectivity index (χ1) is 10.5. The maximum atomic E-state index is 12.2. The van der Waals surface area contributed by atoms with Crippen LogP contribution in [0.2, 0.25) is 0 Å². The number of hydrogen-bond acceptors (Lipinski definition) is 3. The summed E-state index contributed by atoms with van der Waals surface area (Å²) in [4.78, 5) is 25.7. The summed E-state index contributed by atoms with van der Waals surface area (Å²) in [5.74, 6) is -0.453. The third-order valence-corrected chi connectivity index (χ3v) is 3.62. The molecule has 1 heterocycles. The summed E-state index contributed by atoms with van der Waals surface area (Å²) in [6, 6.07) is 9.44. The number of carbonyl (C=O) groups excluding carboxylic acids is 2. The van der Waals surface area contributed by atoms with E-state index in [-0.39, 0.29) is 6.61 Å². The van der Waals surface area contributed by atoms with Gasteiger partial charge in [0.15, 0.2) is 0 Å². The summed E-state index contributed by atoms with van der Waals surface area (Å²) >= 11 is 6.07. The van der Waals surface area contributed by atoms with Crippen LogP contribution in [-0.2, 0) is 16.1 Å². The van der Waals surface area contributed by atoms with Crippen molar-refractivity contribution in [3.63, 3.8) is 0 Å². The molecule has 1 aromatic carbocycles. The van der Waals surface area contributed by atoms with Crippen LogP contribution >= 0.6 is 11.6 Å². The van der Waals surface area contributed by atoms with Gasteiger partial charge in [0.25, 0.3) is 0 Å². The van der Waals surface area contributed by atoms with Crippen LogP contribution in [0.15, 0.2) is 36.4 Å². The number of H-pyrrole nitrogens is 1. The fourth-order valence-corrected chi connectivity index (χ4v) is 2.59. The number of aryl methyl sites for hydroxylation is 1. The molecule has 0 aliphatic heterocycles. The van der Waals surface area contributed by atoms with Crippen molar-refractivity contribution in [2.45, 2.75) is 20.5 Å². The van der Waals surface area contributed by atoms with Gasteiger partial charge in [0.2, 0.25) is 0 Å². The van der Waals surface area contributed by atoms with Gasteiger partial charge in [-0.3, -0.25) is 4.79 Å². The quantitative estimate of drug-likeness (QED) is 0.519. The summed E-state index contributed by atoms with van der Waals surface area (Å²) in [5, 5.41) is 0.295. The molecule has 0 aliphatic carbocycles. The predicted octanol–water partition coefficient (Wildman–Crippen LogP) is 3.77. The van der Waals surface area contributed by atoms with Gasteiger partial charge in [-0.1, -0.05) is 41.9 Å². The third kappa shape index (κ3) is 3.46. The highest BCUT2D eigenvalue weighted by Gasteiger charge is 2.20. The zero-order valence-electron chi connectivity index (χ0n) is 12.4. The van der Waals surface area contributed by atoms with Gasteiger partial charge < -0.3 is 9.72 Å². The number of ether oxygens (including phenoxy) is 1. The van der Waals surface area contributed by atoms with E-state index in [0.29, 0.717) is 33.8 Å². The van der Waals surface area contributed by atoms with E-state index in [2.05, 4.69) is 4.98 Å². The molecule has 1 aromatic heterocycles. The normalized spacial score (nSPS) is 11.3. The number of esters is 1. The van der Waals surface area contributed by atoms with E-state index in [9.17, 15) is 9.59 Å². The number of rotatable bonds is 5. The van der Waals surface area contributed by atoms with Gasteiger partial charge in [0, 0.05) is 11.3 Å². The van der Waals surface area contributed by atoms with Crippen LogP contribution in [0.5, 0.6) is 0 Å². The average Bonchev–Trinajstić information content (AvgIpc) is 2.81. The maximum Gasteiger partial charge on any atom is 0.355 e. The average molecular weight is 318 g/mol. The Kier molecular flexibility index (Phi) is 5.17. The molecule has 1 N–H and O–H groups in total. The molecule has 2 aromatic rings. The molecule has 22 heavy (non-hydrogen) atoms. The van der Waals surface area contributed by atoms with Crippen LogP contribution < -0.4 is 0 Å². The van der Waals surface area contributed by atoms with Crippen LogP contribution in [-0.4, -0.2) is 17.2 Å². The lowest BCUT2D eigenvalue weighted by Crippen LogP contribution is -2.07. The fraction of sp³-hybridized carbons (Fsp3) is 0.176. The van der Waals surface area contributed by atoms with Crippen molar-refractivity contribution >= 4 is 28.9 Å². The number of allylic oxidation sites excluding steroid dienone is 1. The minimum Gasteiger partial charge on any atom is -0.456 e. The third-order valence-electron chi connectivity index (χ3n) is 3.31. The van der Waals surface area contributed by atoms with E-state index in [4.69, 9.17) is 16.3 Å². The van der Waals surface area contributed by atoms with Crippen LogP contribution in [0.3, 0.4) is 0 Å². The van der Waals surface area contributed by atoms with E-state index in [1.54, 1.807) is 13.8 Å². The molecule has 0 saturated carbocycles. The standard InChI is InChI=1S/C17H16ClNO3/c1-11-15(14(18)8-9-20)12(2)19-16(11)17(21)22-10-13-6-4-3-5-7-13/h3-9,19H,10H2,1-2H3. The van der Waals surface area contributed by atoms with Crippen molar-refractivity contribution < 1.29 is 14.3 Å². The molecule has 0 atom stereocenters. The molecule has 0 bridgehead atoms. The second-order valence-corrected chi connectivity index (χ2v) is 5.24. The Hall–Kier alpha value is -2.33. The highest BCUT2D eigenvalue weighted by molar-refractivity contribution is 6.50. The summed E-state index contributed by atoms with van der Waals surface area (Å²) < 4.78 is 5.30. The zero-order valence-corrected chi connectivity index (χ0v) is 13.1. The molecule has 2 rings (SSSR count). The minimum atomic E-state index is -0.453. The van der Waals surface area contributed by atoms with Crippen LogP contribution in [0.4, 0.5) is 0 Å². The topological polar surface area (TPSA) is 59.2 Å². The highest BCUT2D eigenvalue weighted by atomic mass is 35.5. The molecular formula is C17H16ClNO3. The fourth-order valence-electron chi connectivity index (χ4n) is 2.25. The Morgan fingerprint density at radius 1 is 1.27 bits per heavy atom. The van der Waals surface area contributed by atoms with E-state index in [1.807, 2.05) is 30.3 Å². The van der Waals surface area contributed by atoms with E-state index in [0.717, 1.165) is 5.56 Å². The summed E-state index contributed by atoms with van der Waals surface area (Å²) in [7, 11) is 0. The Morgan fingerprint density at radius 2 is 1.95 bits per heavy atom. The molecule has 0 fully saturated rings. The number of benzene rings is 1. The second kappa shape index (κ2) is 7.09. The van der Waals surface area contributed by atoms with Crippen molar-refractivity contribution in [3.05, 3.63) is 64.5 Å². The number of halogens is 1. The number of nitrogens with one attached hydrogen (secondary N) is 1. The number of aromatic amines is 1. The summed E-state index contributed by atoms with van der Waals surface area (Å²) in [5.41, 5.74) is 3.29. The van der Waals surface area contributed by atoms with E-state index >= 15 is 0 Å². The second-order valence-electron chi connectivity index (χ2n) is 4.84. The van der Waals surface area contributed by atoms with Gasteiger partial charge in [-0.25, -0.2) is 4.79 Å². The molecule has 114 valence electrons. The molecule has 0 radical (unpaired) electrons.